The molecular formula is C21H22FN3O. The fourth-order valence-corrected chi connectivity index (χ4v) is 2.91. The first-order valence-corrected chi connectivity index (χ1v) is 8.39. The van der Waals surface area contributed by atoms with Crippen molar-refractivity contribution in [2.24, 2.45) is 5.84 Å². The van der Waals surface area contributed by atoms with Crippen LogP contribution in [0.3, 0.4) is 0 Å². The van der Waals surface area contributed by atoms with Crippen molar-refractivity contribution in [3.8, 4) is 17.1 Å². The highest BCUT2D eigenvalue weighted by Crippen LogP contribution is 2.26. The van der Waals surface area contributed by atoms with Crippen LogP contribution in [-0.2, 0) is 6.61 Å². The largest absolute Gasteiger partial charge is 0.473 e. The fraction of sp³-hybridized carbons (Fsp3) is 0.190. The molecular weight excluding hydrogens is 329 g/mol. The Bertz CT molecular complexity index is 925. The molecule has 0 atom stereocenters. The van der Waals surface area contributed by atoms with E-state index in [0.29, 0.717) is 12.5 Å². The zero-order valence-electron chi connectivity index (χ0n) is 15.2. The lowest BCUT2D eigenvalue weighted by molar-refractivity contribution is 0.294. The van der Waals surface area contributed by atoms with Gasteiger partial charge in [0.25, 0.3) is 0 Å². The summed E-state index contributed by atoms with van der Waals surface area (Å²) in [5.74, 6) is 6.17. The summed E-state index contributed by atoms with van der Waals surface area (Å²) >= 11 is 0. The van der Waals surface area contributed by atoms with E-state index in [4.69, 9.17) is 10.6 Å². The number of nitrogens with two attached hydrogens (primary N) is 1. The lowest BCUT2D eigenvalue weighted by Crippen LogP contribution is -2.26. The van der Waals surface area contributed by atoms with E-state index in [9.17, 15) is 4.39 Å². The lowest BCUT2D eigenvalue weighted by atomic mass is 10.1. The molecule has 1 heterocycles. The number of hydrazine groups is 1. The zero-order chi connectivity index (χ0) is 18.7. The summed E-state index contributed by atoms with van der Waals surface area (Å²) in [4.78, 5) is 4.56. The number of ether oxygens (including phenoxy) is 1. The Kier molecular flexibility index (Phi) is 5.19. The Labute approximate surface area is 153 Å². The van der Waals surface area contributed by atoms with Crippen molar-refractivity contribution in [2.45, 2.75) is 20.5 Å². The minimum Gasteiger partial charge on any atom is -0.473 e. The second-order valence-electron chi connectivity index (χ2n) is 6.29. The van der Waals surface area contributed by atoms with E-state index >= 15 is 0 Å². The number of nitrogens with zero attached hydrogens (tertiary/aromatic N) is 2. The van der Waals surface area contributed by atoms with Crippen molar-refractivity contribution >= 4 is 5.69 Å². The van der Waals surface area contributed by atoms with Crippen LogP contribution in [-0.4, -0.2) is 12.0 Å². The van der Waals surface area contributed by atoms with Gasteiger partial charge in [-0.05, 0) is 55.3 Å². The summed E-state index contributed by atoms with van der Waals surface area (Å²) in [5, 5.41) is 1.58. The smallest absolute Gasteiger partial charge is 0.214 e. The summed E-state index contributed by atoms with van der Waals surface area (Å²) in [7, 11) is 1.80. The number of halogens is 1. The van der Waals surface area contributed by atoms with E-state index in [1.165, 1.54) is 12.1 Å². The highest BCUT2D eigenvalue weighted by molar-refractivity contribution is 5.63. The molecule has 0 aliphatic rings. The summed E-state index contributed by atoms with van der Waals surface area (Å²) in [6, 6.07) is 16.2. The van der Waals surface area contributed by atoms with Crippen LogP contribution in [0.1, 0.15) is 16.7 Å². The van der Waals surface area contributed by atoms with E-state index < -0.39 is 0 Å². The lowest BCUT2D eigenvalue weighted by Gasteiger charge is -2.19. The zero-order valence-corrected chi connectivity index (χ0v) is 15.2. The van der Waals surface area contributed by atoms with Crippen molar-refractivity contribution in [3.63, 3.8) is 0 Å². The van der Waals surface area contributed by atoms with Gasteiger partial charge in [-0.15, -0.1) is 0 Å². The normalized spacial score (nSPS) is 10.7. The highest BCUT2D eigenvalue weighted by atomic mass is 19.1. The van der Waals surface area contributed by atoms with Gasteiger partial charge in [-0.3, -0.25) is 0 Å². The molecule has 0 aliphatic heterocycles. The van der Waals surface area contributed by atoms with Crippen molar-refractivity contribution < 1.29 is 9.13 Å². The van der Waals surface area contributed by atoms with Gasteiger partial charge in [-0.1, -0.05) is 18.2 Å². The number of aromatic nitrogens is 1. The van der Waals surface area contributed by atoms with Gasteiger partial charge in [-0.25, -0.2) is 15.2 Å². The summed E-state index contributed by atoms with van der Waals surface area (Å²) in [5.41, 5.74) is 5.50. The van der Waals surface area contributed by atoms with Crippen molar-refractivity contribution in [2.75, 3.05) is 12.1 Å². The Morgan fingerprint density at radius 3 is 2.54 bits per heavy atom. The highest BCUT2D eigenvalue weighted by Gasteiger charge is 2.10. The number of benzene rings is 2. The average molecular weight is 351 g/mol. The SMILES string of the molecule is Cc1cc(F)ccc1-c1cccc(OCc2c(C)cccc2N(C)N)n1. The molecule has 134 valence electrons. The van der Waals surface area contributed by atoms with Gasteiger partial charge in [0.1, 0.15) is 12.4 Å². The van der Waals surface area contributed by atoms with Gasteiger partial charge in [0, 0.05) is 24.2 Å². The first-order valence-electron chi connectivity index (χ1n) is 8.39. The third-order valence-corrected chi connectivity index (χ3v) is 4.32. The molecule has 0 aliphatic carbocycles. The number of hydrogen-bond donors (Lipinski definition) is 1. The second kappa shape index (κ2) is 7.54. The number of pyridine rings is 1. The Morgan fingerprint density at radius 2 is 1.81 bits per heavy atom. The van der Waals surface area contributed by atoms with Gasteiger partial charge in [0.2, 0.25) is 5.88 Å². The van der Waals surface area contributed by atoms with Crippen molar-refractivity contribution in [1.82, 2.24) is 4.98 Å². The first kappa shape index (κ1) is 17.9. The summed E-state index contributed by atoms with van der Waals surface area (Å²) in [6.07, 6.45) is 0. The maximum atomic E-state index is 13.3. The minimum atomic E-state index is -0.253. The first-order chi connectivity index (χ1) is 12.5. The molecule has 2 aromatic carbocycles. The van der Waals surface area contributed by atoms with Crippen LogP contribution < -0.4 is 15.6 Å². The second-order valence-corrected chi connectivity index (χ2v) is 6.29. The van der Waals surface area contributed by atoms with E-state index in [-0.39, 0.29) is 5.82 Å². The molecule has 3 rings (SSSR count). The third kappa shape index (κ3) is 3.83. The van der Waals surface area contributed by atoms with E-state index in [1.54, 1.807) is 18.1 Å². The molecule has 26 heavy (non-hydrogen) atoms. The van der Waals surface area contributed by atoms with Gasteiger partial charge in [0.05, 0.1) is 11.4 Å². The molecule has 0 bridgehead atoms. The molecule has 0 radical (unpaired) electrons. The fourth-order valence-electron chi connectivity index (χ4n) is 2.91. The quantitative estimate of drug-likeness (QED) is 0.547. The standard InChI is InChI=1S/C21H22FN3O/c1-14-6-4-8-20(25(3)23)18(14)13-26-21-9-5-7-19(24-21)17-11-10-16(22)12-15(17)2/h4-12H,13,23H2,1-3H3. The minimum absolute atomic E-state index is 0.253. The number of aryl methyl sites for hydroxylation is 2. The van der Waals surface area contributed by atoms with Gasteiger partial charge < -0.3 is 9.75 Å². The third-order valence-electron chi connectivity index (χ3n) is 4.32. The van der Waals surface area contributed by atoms with Crippen LogP contribution in [0.2, 0.25) is 0 Å². The van der Waals surface area contributed by atoms with Gasteiger partial charge >= 0.3 is 0 Å². The van der Waals surface area contributed by atoms with Crippen LogP contribution >= 0.6 is 0 Å². The molecule has 1 aromatic heterocycles. The molecule has 3 aromatic rings. The molecule has 5 heteroatoms. The van der Waals surface area contributed by atoms with Crippen LogP contribution in [0, 0.1) is 19.7 Å². The van der Waals surface area contributed by atoms with Gasteiger partial charge in [-0.2, -0.15) is 0 Å². The number of rotatable bonds is 5. The molecule has 0 saturated carbocycles. The molecule has 0 amide bonds. The van der Waals surface area contributed by atoms with Crippen LogP contribution in [0.25, 0.3) is 11.3 Å². The predicted octanol–water partition coefficient (Wildman–Crippen LogP) is 4.39. The Balaban J connectivity index is 1.85. The summed E-state index contributed by atoms with van der Waals surface area (Å²) < 4.78 is 19.3. The summed E-state index contributed by atoms with van der Waals surface area (Å²) in [6.45, 7) is 4.25. The molecule has 0 fully saturated rings. The number of hydrogen-bond acceptors (Lipinski definition) is 4. The maximum Gasteiger partial charge on any atom is 0.214 e. The molecule has 0 saturated heterocycles. The van der Waals surface area contributed by atoms with Gasteiger partial charge in [0.15, 0.2) is 0 Å². The van der Waals surface area contributed by atoms with Crippen LogP contribution in [0.5, 0.6) is 5.88 Å². The van der Waals surface area contributed by atoms with E-state index in [1.807, 2.05) is 50.2 Å². The molecule has 4 nitrogen and oxygen atoms in total. The molecule has 0 spiro atoms. The molecule has 2 N–H and O–H groups in total. The molecule has 0 unspecified atom stereocenters. The Morgan fingerprint density at radius 1 is 1.04 bits per heavy atom. The van der Waals surface area contributed by atoms with Crippen LogP contribution in [0.4, 0.5) is 10.1 Å². The Hall–Kier alpha value is -2.92. The average Bonchev–Trinajstić information content (AvgIpc) is 2.60. The van der Waals surface area contributed by atoms with Crippen LogP contribution in [0.15, 0.2) is 54.6 Å². The topological polar surface area (TPSA) is 51.4 Å². The van der Waals surface area contributed by atoms with Crippen molar-refractivity contribution in [3.05, 3.63) is 77.1 Å². The maximum absolute atomic E-state index is 13.3. The van der Waals surface area contributed by atoms with Crippen molar-refractivity contribution in [1.29, 1.82) is 0 Å². The predicted molar refractivity (Wildman–Crippen MR) is 102 cm³/mol. The van der Waals surface area contributed by atoms with E-state index in [2.05, 4.69) is 4.98 Å². The monoisotopic (exact) mass is 351 g/mol. The number of anilines is 1. The van der Waals surface area contributed by atoms with E-state index in [0.717, 1.165) is 33.6 Å².